The minimum atomic E-state index is -1.73. The van der Waals surface area contributed by atoms with E-state index in [-0.39, 0.29) is 12.1 Å². The standard InChI is InChI=1S/C18H18ClN5O5/c1-9-7-24(17(27)20-16(9)26)13-6-18(28,12(8-25)29-13)15-14(21-23-22-15)10-2-4-11(19)5-3-10/h2-5,7,12-13,25,28H,6,8H2,1H3,(H,20,26,27)(H,21,22,23)/t12-,13-,18+/m1/s1. The summed E-state index contributed by atoms with van der Waals surface area (Å²) >= 11 is 5.93. The summed E-state index contributed by atoms with van der Waals surface area (Å²) in [6.45, 7) is 1.03. The predicted octanol–water partition coefficient (Wildman–Crippen LogP) is 0.451. The Morgan fingerprint density at radius 1 is 1.31 bits per heavy atom. The van der Waals surface area contributed by atoms with Crippen molar-refractivity contribution in [1.29, 1.82) is 0 Å². The highest BCUT2D eigenvalue weighted by atomic mass is 35.5. The van der Waals surface area contributed by atoms with Gasteiger partial charge in [0.25, 0.3) is 5.56 Å². The van der Waals surface area contributed by atoms with E-state index in [4.69, 9.17) is 16.3 Å². The Morgan fingerprint density at radius 3 is 2.72 bits per heavy atom. The molecule has 0 spiro atoms. The van der Waals surface area contributed by atoms with Crippen molar-refractivity contribution < 1.29 is 14.9 Å². The molecule has 0 unspecified atom stereocenters. The van der Waals surface area contributed by atoms with Crippen molar-refractivity contribution in [3.63, 3.8) is 0 Å². The first kappa shape index (κ1) is 19.5. The first-order valence-electron chi connectivity index (χ1n) is 8.81. The molecule has 1 aliphatic heterocycles. The van der Waals surface area contributed by atoms with Gasteiger partial charge in [0.15, 0.2) is 0 Å². The lowest BCUT2D eigenvalue weighted by atomic mass is 9.88. The molecule has 4 rings (SSSR count). The molecule has 29 heavy (non-hydrogen) atoms. The van der Waals surface area contributed by atoms with Crippen molar-refractivity contribution in [3.8, 4) is 11.3 Å². The first-order chi connectivity index (χ1) is 13.8. The Bertz CT molecular complexity index is 1150. The van der Waals surface area contributed by atoms with Crippen molar-refractivity contribution >= 4 is 11.6 Å². The second-order valence-electron chi connectivity index (χ2n) is 6.90. The minimum Gasteiger partial charge on any atom is -0.394 e. The van der Waals surface area contributed by atoms with E-state index in [0.29, 0.717) is 21.8 Å². The van der Waals surface area contributed by atoms with Crippen molar-refractivity contribution in [2.45, 2.75) is 31.3 Å². The fourth-order valence-electron chi connectivity index (χ4n) is 3.50. The zero-order chi connectivity index (χ0) is 20.8. The zero-order valence-electron chi connectivity index (χ0n) is 15.3. The van der Waals surface area contributed by atoms with Crippen LogP contribution < -0.4 is 11.2 Å². The number of aryl methyl sites for hydroxylation is 1. The molecule has 0 aliphatic carbocycles. The van der Waals surface area contributed by atoms with Crippen LogP contribution in [-0.2, 0) is 10.3 Å². The van der Waals surface area contributed by atoms with Crippen molar-refractivity contribution in [2.75, 3.05) is 6.61 Å². The van der Waals surface area contributed by atoms with Crippen LogP contribution in [0.3, 0.4) is 0 Å². The molecular weight excluding hydrogens is 402 g/mol. The number of aromatic amines is 2. The van der Waals surface area contributed by atoms with E-state index in [1.165, 1.54) is 10.8 Å². The zero-order valence-corrected chi connectivity index (χ0v) is 16.1. The molecule has 3 atom stereocenters. The van der Waals surface area contributed by atoms with Crippen LogP contribution in [0.4, 0.5) is 0 Å². The van der Waals surface area contributed by atoms with Crippen LogP contribution >= 0.6 is 11.6 Å². The fraction of sp³-hybridized carbons (Fsp3) is 0.333. The molecule has 0 amide bonds. The Kier molecular flexibility index (Phi) is 4.87. The van der Waals surface area contributed by atoms with Gasteiger partial charge in [-0.2, -0.15) is 15.4 Å². The molecule has 2 aromatic heterocycles. The molecule has 0 saturated carbocycles. The summed E-state index contributed by atoms with van der Waals surface area (Å²) in [5.41, 5.74) is -1.39. The third-order valence-corrected chi connectivity index (χ3v) is 5.29. The van der Waals surface area contributed by atoms with Crippen molar-refractivity contribution in [2.24, 2.45) is 0 Å². The summed E-state index contributed by atoms with van der Waals surface area (Å²) in [5, 5.41) is 32.5. The molecule has 3 heterocycles. The largest absolute Gasteiger partial charge is 0.394 e. The van der Waals surface area contributed by atoms with Gasteiger partial charge in [-0.25, -0.2) is 4.79 Å². The molecule has 3 aromatic rings. The number of nitrogens with one attached hydrogen (secondary N) is 2. The number of halogens is 1. The number of hydrogen-bond acceptors (Lipinski definition) is 7. The SMILES string of the molecule is Cc1cn([C@H]2C[C@@](O)(c3n[nH]nc3-c3ccc(Cl)cc3)[C@@H](CO)O2)c(=O)[nH]c1=O. The van der Waals surface area contributed by atoms with E-state index in [9.17, 15) is 19.8 Å². The summed E-state index contributed by atoms with van der Waals surface area (Å²) in [6.07, 6.45) is -0.719. The van der Waals surface area contributed by atoms with Crippen LogP contribution in [0.1, 0.15) is 23.9 Å². The number of rotatable bonds is 4. The monoisotopic (exact) mass is 419 g/mol. The summed E-state index contributed by atoms with van der Waals surface area (Å²) in [6, 6.07) is 6.81. The Labute approximate surface area is 168 Å². The van der Waals surface area contributed by atoms with Crippen LogP contribution in [0, 0.1) is 6.92 Å². The molecule has 11 heteroatoms. The molecular formula is C18H18ClN5O5. The van der Waals surface area contributed by atoms with E-state index in [1.54, 1.807) is 31.2 Å². The number of H-pyrrole nitrogens is 2. The highest BCUT2D eigenvalue weighted by Crippen LogP contribution is 2.44. The van der Waals surface area contributed by atoms with Gasteiger partial charge in [-0.05, 0) is 19.1 Å². The third-order valence-electron chi connectivity index (χ3n) is 5.04. The molecule has 152 valence electrons. The molecule has 1 aliphatic rings. The van der Waals surface area contributed by atoms with Gasteiger partial charge < -0.3 is 14.9 Å². The number of aliphatic hydroxyl groups is 2. The van der Waals surface area contributed by atoms with Crippen LogP contribution in [0.25, 0.3) is 11.3 Å². The lowest BCUT2D eigenvalue weighted by molar-refractivity contribution is -0.0872. The second kappa shape index (κ2) is 7.23. The molecule has 1 aromatic carbocycles. The Balaban J connectivity index is 1.76. The second-order valence-corrected chi connectivity index (χ2v) is 7.33. The third kappa shape index (κ3) is 3.29. The highest BCUT2D eigenvalue weighted by Gasteiger charge is 2.52. The van der Waals surface area contributed by atoms with Crippen LogP contribution in [-0.4, -0.2) is 47.9 Å². The van der Waals surface area contributed by atoms with Crippen molar-refractivity contribution in [3.05, 3.63) is 67.6 Å². The fourth-order valence-corrected chi connectivity index (χ4v) is 3.62. The maximum Gasteiger partial charge on any atom is 0.330 e. The van der Waals surface area contributed by atoms with E-state index in [2.05, 4.69) is 20.4 Å². The van der Waals surface area contributed by atoms with E-state index < -0.39 is 35.8 Å². The molecule has 4 N–H and O–H groups in total. The number of ether oxygens (including phenoxy) is 1. The van der Waals surface area contributed by atoms with Crippen LogP contribution in [0.15, 0.2) is 40.1 Å². The average molecular weight is 420 g/mol. The topological polar surface area (TPSA) is 146 Å². The quantitative estimate of drug-likeness (QED) is 0.480. The van der Waals surface area contributed by atoms with Gasteiger partial charge in [-0.1, -0.05) is 23.7 Å². The van der Waals surface area contributed by atoms with Crippen LogP contribution in [0.2, 0.25) is 5.02 Å². The van der Waals surface area contributed by atoms with E-state index >= 15 is 0 Å². The van der Waals surface area contributed by atoms with E-state index in [0.717, 1.165) is 0 Å². The summed E-state index contributed by atoms with van der Waals surface area (Å²) in [4.78, 5) is 26.1. The number of nitrogens with zero attached hydrogens (tertiary/aromatic N) is 3. The minimum absolute atomic E-state index is 0.0866. The number of aromatic nitrogens is 5. The maximum absolute atomic E-state index is 12.2. The molecule has 0 bridgehead atoms. The lowest BCUT2D eigenvalue weighted by Gasteiger charge is -2.25. The Morgan fingerprint density at radius 2 is 2.03 bits per heavy atom. The number of hydrogen-bond donors (Lipinski definition) is 4. The smallest absolute Gasteiger partial charge is 0.330 e. The lowest BCUT2D eigenvalue weighted by Crippen LogP contribution is -2.38. The average Bonchev–Trinajstić information content (AvgIpc) is 3.31. The summed E-state index contributed by atoms with van der Waals surface area (Å²) in [5.74, 6) is 0. The molecule has 1 saturated heterocycles. The van der Waals surface area contributed by atoms with Crippen molar-refractivity contribution in [1.82, 2.24) is 25.0 Å². The van der Waals surface area contributed by atoms with E-state index in [1.807, 2.05) is 0 Å². The van der Waals surface area contributed by atoms with Gasteiger partial charge in [0.05, 0.1) is 6.61 Å². The van der Waals surface area contributed by atoms with Gasteiger partial charge in [-0.15, -0.1) is 0 Å². The normalized spacial score (nSPS) is 24.1. The van der Waals surface area contributed by atoms with Gasteiger partial charge in [0.2, 0.25) is 0 Å². The van der Waals surface area contributed by atoms with Crippen LogP contribution in [0.5, 0.6) is 0 Å². The van der Waals surface area contributed by atoms with Gasteiger partial charge in [0, 0.05) is 28.8 Å². The van der Waals surface area contributed by atoms with Gasteiger partial charge in [0.1, 0.15) is 29.3 Å². The number of benzene rings is 1. The summed E-state index contributed by atoms with van der Waals surface area (Å²) < 4.78 is 6.94. The predicted molar refractivity (Wildman–Crippen MR) is 102 cm³/mol. The van der Waals surface area contributed by atoms with Gasteiger partial charge in [-0.3, -0.25) is 14.3 Å². The summed E-state index contributed by atoms with van der Waals surface area (Å²) in [7, 11) is 0. The number of aliphatic hydroxyl groups excluding tert-OH is 1. The first-order valence-corrected chi connectivity index (χ1v) is 9.19. The molecule has 0 radical (unpaired) electrons. The molecule has 1 fully saturated rings. The molecule has 10 nitrogen and oxygen atoms in total. The Hall–Kier alpha value is -2.79. The highest BCUT2D eigenvalue weighted by molar-refractivity contribution is 6.30. The maximum atomic E-state index is 12.2. The van der Waals surface area contributed by atoms with Gasteiger partial charge >= 0.3 is 5.69 Å².